The highest BCUT2D eigenvalue weighted by atomic mass is 16.6. The van der Waals surface area contributed by atoms with Gasteiger partial charge < -0.3 is 10.2 Å². The molecule has 2 heterocycles. The number of nitrogens with zero attached hydrogens (tertiary/aromatic N) is 3. The fourth-order valence-electron chi connectivity index (χ4n) is 3.42. The number of non-ortho nitro benzene ring substituents is 1. The predicted molar refractivity (Wildman–Crippen MR) is 99.1 cm³/mol. The zero-order valence-corrected chi connectivity index (χ0v) is 13.6. The zero-order valence-electron chi connectivity index (χ0n) is 13.6. The van der Waals surface area contributed by atoms with Crippen molar-refractivity contribution in [2.45, 2.75) is 12.5 Å². The lowest BCUT2D eigenvalue weighted by Crippen LogP contribution is -2.26. The van der Waals surface area contributed by atoms with Gasteiger partial charge in [0.05, 0.1) is 16.0 Å². The van der Waals surface area contributed by atoms with Gasteiger partial charge in [-0.25, -0.2) is 0 Å². The van der Waals surface area contributed by atoms with Crippen LogP contribution < -0.4 is 10.2 Å². The summed E-state index contributed by atoms with van der Waals surface area (Å²) < 4.78 is 0. The number of anilines is 2. The van der Waals surface area contributed by atoms with Crippen LogP contribution in [0.15, 0.2) is 60.8 Å². The number of nitrogens with one attached hydrogen (secondary N) is 1. The molecule has 1 aliphatic rings. The maximum absolute atomic E-state index is 11.3. The third-order valence-corrected chi connectivity index (χ3v) is 4.60. The summed E-state index contributed by atoms with van der Waals surface area (Å²) in [7, 11) is 0. The molecular formula is C19H18N4O2. The molecule has 1 saturated heterocycles. The van der Waals surface area contributed by atoms with Crippen molar-refractivity contribution in [3.05, 3.63) is 70.9 Å². The number of rotatable bonds is 4. The van der Waals surface area contributed by atoms with E-state index in [0.717, 1.165) is 30.9 Å². The average Bonchev–Trinajstić information content (AvgIpc) is 3.09. The normalized spacial score (nSPS) is 17.0. The minimum absolute atomic E-state index is 0.102. The molecule has 0 spiro atoms. The van der Waals surface area contributed by atoms with Gasteiger partial charge in [0.1, 0.15) is 5.52 Å². The summed E-state index contributed by atoms with van der Waals surface area (Å²) in [6.07, 6.45) is 2.70. The van der Waals surface area contributed by atoms with Gasteiger partial charge in [-0.3, -0.25) is 15.1 Å². The van der Waals surface area contributed by atoms with Crippen molar-refractivity contribution in [1.29, 1.82) is 0 Å². The Morgan fingerprint density at radius 2 is 1.96 bits per heavy atom. The molecule has 4 rings (SSSR count). The Labute approximate surface area is 145 Å². The van der Waals surface area contributed by atoms with Gasteiger partial charge in [0.2, 0.25) is 0 Å². The first kappa shape index (κ1) is 15.4. The van der Waals surface area contributed by atoms with Gasteiger partial charge in [0.15, 0.2) is 0 Å². The number of pyridine rings is 1. The van der Waals surface area contributed by atoms with Gasteiger partial charge in [0, 0.05) is 37.1 Å². The van der Waals surface area contributed by atoms with Crippen LogP contribution in [0.25, 0.3) is 10.9 Å². The first-order valence-corrected chi connectivity index (χ1v) is 8.31. The molecule has 6 heteroatoms. The van der Waals surface area contributed by atoms with Crippen LogP contribution in [0.3, 0.4) is 0 Å². The van der Waals surface area contributed by atoms with Crippen molar-refractivity contribution >= 4 is 28.0 Å². The molecule has 3 aromatic rings. The molecule has 1 atom stereocenters. The maximum Gasteiger partial charge on any atom is 0.278 e. The first-order valence-electron chi connectivity index (χ1n) is 8.31. The third kappa shape index (κ3) is 2.98. The molecule has 2 aromatic carbocycles. The van der Waals surface area contributed by atoms with Gasteiger partial charge in [0.25, 0.3) is 5.69 Å². The molecule has 25 heavy (non-hydrogen) atoms. The predicted octanol–water partition coefficient (Wildman–Crippen LogP) is 3.83. The summed E-state index contributed by atoms with van der Waals surface area (Å²) in [5.74, 6) is 0. The summed E-state index contributed by atoms with van der Waals surface area (Å²) in [6.45, 7) is 1.74. The van der Waals surface area contributed by atoms with Crippen molar-refractivity contribution < 1.29 is 4.92 Å². The zero-order chi connectivity index (χ0) is 17.2. The lowest BCUT2D eigenvalue weighted by atomic mass is 10.1. The number of hydrogen-bond donors (Lipinski definition) is 1. The Kier molecular flexibility index (Phi) is 3.93. The molecule has 6 nitrogen and oxygen atoms in total. The number of benzene rings is 2. The topological polar surface area (TPSA) is 71.3 Å². The highest BCUT2D eigenvalue weighted by Crippen LogP contribution is 2.33. The number of aromatic nitrogens is 1. The number of nitro groups is 1. The van der Waals surface area contributed by atoms with E-state index in [1.54, 1.807) is 24.4 Å². The van der Waals surface area contributed by atoms with E-state index >= 15 is 0 Å². The minimum atomic E-state index is -0.350. The number of para-hydroxylation sites is 1. The van der Waals surface area contributed by atoms with Crippen LogP contribution in [0, 0.1) is 10.1 Å². The second kappa shape index (κ2) is 6.39. The van der Waals surface area contributed by atoms with Crippen LogP contribution in [0.1, 0.15) is 6.42 Å². The van der Waals surface area contributed by atoms with Gasteiger partial charge in [-0.2, -0.15) is 0 Å². The van der Waals surface area contributed by atoms with E-state index in [2.05, 4.69) is 27.3 Å². The largest absolute Gasteiger partial charge is 0.380 e. The van der Waals surface area contributed by atoms with Crippen LogP contribution in [-0.4, -0.2) is 29.0 Å². The second-order valence-electron chi connectivity index (χ2n) is 6.20. The van der Waals surface area contributed by atoms with Gasteiger partial charge in [-0.05, 0) is 36.8 Å². The Bertz CT molecular complexity index is 914. The van der Waals surface area contributed by atoms with E-state index in [9.17, 15) is 10.1 Å². The van der Waals surface area contributed by atoms with Crippen LogP contribution >= 0.6 is 0 Å². The molecule has 1 fully saturated rings. The second-order valence-corrected chi connectivity index (χ2v) is 6.20. The SMILES string of the molecule is O=[N+]([O-])c1ccc(N2CCC(Nc3ccccc3)C2)c2ncccc12. The summed E-state index contributed by atoms with van der Waals surface area (Å²) in [5, 5.41) is 15.4. The Balaban J connectivity index is 1.61. The molecular weight excluding hydrogens is 316 g/mol. The Morgan fingerprint density at radius 3 is 2.76 bits per heavy atom. The van der Waals surface area contributed by atoms with Crippen molar-refractivity contribution in [1.82, 2.24) is 4.98 Å². The third-order valence-electron chi connectivity index (χ3n) is 4.60. The maximum atomic E-state index is 11.3. The number of nitro benzene ring substituents is 1. The molecule has 0 radical (unpaired) electrons. The smallest absolute Gasteiger partial charge is 0.278 e. The van der Waals surface area contributed by atoms with Crippen LogP contribution in [0.5, 0.6) is 0 Å². The quantitative estimate of drug-likeness (QED) is 0.580. The molecule has 1 N–H and O–H groups in total. The summed E-state index contributed by atoms with van der Waals surface area (Å²) in [4.78, 5) is 17.6. The van der Waals surface area contributed by atoms with E-state index < -0.39 is 0 Å². The van der Waals surface area contributed by atoms with Crippen molar-refractivity contribution in [3.63, 3.8) is 0 Å². The molecule has 0 amide bonds. The molecule has 0 saturated carbocycles. The van der Waals surface area contributed by atoms with E-state index in [-0.39, 0.29) is 10.6 Å². The Hall–Kier alpha value is -3.15. The highest BCUT2D eigenvalue weighted by Gasteiger charge is 2.25. The molecule has 126 valence electrons. The average molecular weight is 334 g/mol. The number of fused-ring (bicyclic) bond motifs is 1. The van der Waals surface area contributed by atoms with Crippen molar-refractivity contribution in [3.8, 4) is 0 Å². The molecule has 0 bridgehead atoms. The highest BCUT2D eigenvalue weighted by molar-refractivity contribution is 5.97. The van der Waals surface area contributed by atoms with E-state index in [0.29, 0.717) is 16.9 Å². The molecule has 1 unspecified atom stereocenters. The standard InChI is InChI=1S/C19H18N4O2/c24-23(25)17-8-9-18(19-16(17)7-4-11-20-19)22-12-10-15(13-22)21-14-5-2-1-3-6-14/h1-9,11,15,21H,10,12-13H2. The van der Waals surface area contributed by atoms with Crippen molar-refractivity contribution in [2.75, 3.05) is 23.3 Å². The summed E-state index contributed by atoms with van der Waals surface area (Å²) in [6, 6.07) is 17.4. The molecule has 1 aliphatic heterocycles. The van der Waals surface area contributed by atoms with E-state index in [1.807, 2.05) is 24.3 Å². The summed E-state index contributed by atoms with van der Waals surface area (Å²) >= 11 is 0. The lowest BCUT2D eigenvalue weighted by Gasteiger charge is -2.20. The van der Waals surface area contributed by atoms with E-state index in [4.69, 9.17) is 0 Å². The van der Waals surface area contributed by atoms with E-state index in [1.165, 1.54) is 0 Å². The first-order chi connectivity index (χ1) is 12.2. The van der Waals surface area contributed by atoms with Gasteiger partial charge in [-0.1, -0.05) is 18.2 Å². The van der Waals surface area contributed by atoms with Crippen LogP contribution in [-0.2, 0) is 0 Å². The van der Waals surface area contributed by atoms with Crippen LogP contribution in [0.2, 0.25) is 0 Å². The lowest BCUT2D eigenvalue weighted by molar-refractivity contribution is -0.383. The fraction of sp³-hybridized carbons (Fsp3) is 0.211. The van der Waals surface area contributed by atoms with Gasteiger partial charge in [-0.15, -0.1) is 0 Å². The van der Waals surface area contributed by atoms with Gasteiger partial charge >= 0.3 is 0 Å². The Morgan fingerprint density at radius 1 is 1.12 bits per heavy atom. The molecule has 1 aromatic heterocycles. The monoisotopic (exact) mass is 334 g/mol. The van der Waals surface area contributed by atoms with Crippen molar-refractivity contribution in [2.24, 2.45) is 0 Å². The minimum Gasteiger partial charge on any atom is -0.380 e. The summed E-state index contributed by atoms with van der Waals surface area (Å²) in [5.41, 5.74) is 2.86. The number of hydrogen-bond acceptors (Lipinski definition) is 5. The molecule has 0 aliphatic carbocycles. The fourth-order valence-corrected chi connectivity index (χ4v) is 3.42. The van der Waals surface area contributed by atoms with Crippen LogP contribution in [0.4, 0.5) is 17.1 Å².